The number of aryl methyl sites for hydroxylation is 3. The van der Waals surface area contributed by atoms with Crippen molar-refractivity contribution in [2.45, 2.75) is 27.4 Å². The molecule has 1 heterocycles. The van der Waals surface area contributed by atoms with Gasteiger partial charge in [-0.25, -0.2) is 0 Å². The smallest absolute Gasteiger partial charge is 0.294 e. The summed E-state index contributed by atoms with van der Waals surface area (Å²) in [6, 6.07) is 22.9. The Balaban J connectivity index is 1.40. The predicted molar refractivity (Wildman–Crippen MR) is 162 cm³/mol. The second-order valence-electron chi connectivity index (χ2n) is 9.70. The van der Waals surface area contributed by atoms with Gasteiger partial charge < -0.3 is 10.1 Å². The van der Waals surface area contributed by atoms with E-state index in [9.17, 15) is 14.4 Å². The van der Waals surface area contributed by atoms with E-state index in [4.69, 9.17) is 16.3 Å². The van der Waals surface area contributed by atoms with E-state index < -0.39 is 17.1 Å². The van der Waals surface area contributed by atoms with E-state index in [-0.39, 0.29) is 11.4 Å². The van der Waals surface area contributed by atoms with Gasteiger partial charge in [0.25, 0.3) is 11.1 Å². The normalized spacial score (nSPS) is 14.3. The van der Waals surface area contributed by atoms with Crippen molar-refractivity contribution in [1.82, 2.24) is 4.90 Å². The molecule has 40 heavy (non-hydrogen) atoms. The van der Waals surface area contributed by atoms with E-state index in [1.54, 1.807) is 18.2 Å². The Hall–Kier alpha value is -4.07. The maximum absolute atomic E-state index is 13.3. The van der Waals surface area contributed by atoms with Crippen LogP contribution in [-0.4, -0.2) is 28.5 Å². The number of carbonyl (C=O) groups excluding carboxylic acids is 3. The predicted octanol–water partition coefficient (Wildman–Crippen LogP) is 7.67. The number of rotatable bonds is 7. The van der Waals surface area contributed by atoms with Crippen molar-refractivity contribution in [1.29, 1.82) is 0 Å². The summed E-state index contributed by atoms with van der Waals surface area (Å²) in [5.74, 6) is -0.377. The molecule has 202 valence electrons. The highest BCUT2D eigenvalue weighted by atomic mass is 35.5. The van der Waals surface area contributed by atoms with Crippen LogP contribution in [0.2, 0.25) is 5.02 Å². The molecule has 0 aliphatic carbocycles. The summed E-state index contributed by atoms with van der Waals surface area (Å²) in [7, 11) is 0. The number of amides is 3. The van der Waals surface area contributed by atoms with Crippen LogP contribution in [0.3, 0.4) is 0 Å². The molecule has 8 heteroatoms. The first-order chi connectivity index (χ1) is 19.2. The molecule has 4 aromatic carbocycles. The Morgan fingerprint density at radius 1 is 0.975 bits per heavy atom. The lowest BCUT2D eigenvalue weighted by atomic mass is 10.0. The molecule has 1 fully saturated rings. The van der Waals surface area contributed by atoms with Crippen molar-refractivity contribution in [3.63, 3.8) is 0 Å². The lowest BCUT2D eigenvalue weighted by Crippen LogP contribution is -2.36. The fourth-order valence-corrected chi connectivity index (χ4v) is 5.71. The highest BCUT2D eigenvalue weighted by Crippen LogP contribution is 2.37. The molecule has 0 saturated carbocycles. The van der Waals surface area contributed by atoms with Crippen LogP contribution in [0.15, 0.2) is 77.7 Å². The first-order valence-electron chi connectivity index (χ1n) is 12.7. The number of anilines is 1. The molecule has 5 rings (SSSR count). The molecule has 4 aromatic rings. The van der Waals surface area contributed by atoms with Crippen LogP contribution < -0.4 is 10.1 Å². The summed E-state index contributed by atoms with van der Waals surface area (Å²) in [5, 5.41) is 4.86. The highest BCUT2D eigenvalue weighted by Gasteiger charge is 2.36. The summed E-state index contributed by atoms with van der Waals surface area (Å²) < 4.78 is 6.16. The second kappa shape index (κ2) is 11.6. The molecule has 0 bridgehead atoms. The molecule has 0 aromatic heterocycles. The monoisotopic (exact) mass is 570 g/mol. The fourth-order valence-electron chi connectivity index (χ4n) is 4.76. The van der Waals surface area contributed by atoms with Crippen LogP contribution in [0, 0.1) is 20.8 Å². The quantitative estimate of drug-likeness (QED) is 0.231. The van der Waals surface area contributed by atoms with E-state index in [0.717, 1.165) is 49.7 Å². The molecular weight excluding hydrogens is 544 g/mol. The highest BCUT2D eigenvalue weighted by molar-refractivity contribution is 8.18. The summed E-state index contributed by atoms with van der Waals surface area (Å²) in [4.78, 5) is 40.2. The topological polar surface area (TPSA) is 75.7 Å². The van der Waals surface area contributed by atoms with Gasteiger partial charge in [0.15, 0.2) is 0 Å². The number of hydrogen-bond acceptors (Lipinski definition) is 5. The zero-order chi connectivity index (χ0) is 28.4. The largest absolute Gasteiger partial charge is 0.488 e. The van der Waals surface area contributed by atoms with Crippen molar-refractivity contribution < 1.29 is 19.1 Å². The molecule has 1 aliphatic heterocycles. The first kappa shape index (κ1) is 27.5. The molecule has 3 amide bonds. The molecule has 0 spiro atoms. The average molecular weight is 571 g/mol. The van der Waals surface area contributed by atoms with Crippen molar-refractivity contribution in [2.24, 2.45) is 0 Å². The van der Waals surface area contributed by atoms with E-state index in [2.05, 4.69) is 5.32 Å². The SMILES string of the molecule is Cc1cc(C)c(NC(=O)CN2C(=O)S/C(=C/c3c(OCc4ccc(Cl)cc4)ccc4ccccc34)C2=O)c(C)c1. The van der Waals surface area contributed by atoms with Crippen molar-refractivity contribution >= 4 is 63.0 Å². The molecule has 0 atom stereocenters. The van der Waals surface area contributed by atoms with Gasteiger partial charge in [-0.3, -0.25) is 19.3 Å². The minimum Gasteiger partial charge on any atom is -0.488 e. The van der Waals surface area contributed by atoms with Crippen molar-refractivity contribution in [3.05, 3.63) is 111 Å². The number of fused-ring (bicyclic) bond motifs is 1. The molecule has 6 nitrogen and oxygen atoms in total. The minimum absolute atomic E-state index is 0.230. The summed E-state index contributed by atoms with van der Waals surface area (Å²) >= 11 is 6.82. The van der Waals surface area contributed by atoms with Crippen LogP contribution in [0.5, 0.6) is 5.75 Å². The van der Waals surface area contributed by atoms with Crippen molar-refractivity contribution in [3.8, 4) is 5.75 Å². The zero-order valence-electron chi connectivity index (χ0n) is 22.3. The number of halogens is 1. The van der Waals surface area contributed by atoms with E-state index in [1.165, 1.54) is 0 Å². The summed E-state index contributed by atoms with van der Waals surface area (Å²) in [5.41, 5.74) is 5.25. The molecule has 0 radical (unpaired) electrons. The van der Waals surface area contributed by atoms with Crippen LogP contribution in [0.25, 0.3) is 16.8 Å². The Kier molecular flexibility index (Phi) is 7.96. The van der Waals surface area contributed by atoms with Crippen LogP contribution >= 0.6 is 23.4 Å². The third-order valence-corrected chi connectivity index (χ3v) is 7.79. The standard InChI is InChI=1S/C32H27ClN2O4S/c1-19-14-20(2)30(21(3)15-19)34-29(36)17-35-31(37)28(40-32(35)38)16-26-25-7-5-4-6-23(25)10-13-27(26)39-18-22-8-11-24(33)12-9-22/h4-16H,17-18H2,1-3H3,(H,34,36)/b28-16+. The van der Waals surface area contributed by atoms with E-state index in [1.807, 2.05) is 81.4 Å². The Morgan fingerprint density at radius 3 is 2.40 bits per heavy atom. The Bertz CT molecular complexity index is 1660. The van der Waals surface area contributed by atoms with Gasteiger partial charge in [0.1, 0.15) is 18.9 Å². The van der Waals surface area contributed by atoms with Crippen molar-refractivity contribution in [2.75, 3.05) is 11.9 Å². The zero-order valence-corrected chi connectivity index (χ0v) is 23.9. The number of imide groups is 1. The maximum Gasteiger partial charge on any atom is 0.294 e. The van der Waals surface area contributed by atoms with Gasteiger partial charge in [-0.15, -0.1) is 0 Å². The molecule has 0 unspecified atom stereocenters. The van der Waals surface area contributed by atoms with Crippen LogP contribution in [0.4, 0.5) is 10.5 Å². The number of carbonyl (C=O) groups is 3. The van der Waals surface area contributed by atoms with E-state index >= 15 is 0 Å². The van der Waals surface area contributed by atoms with Gasteiger partial charge >= 0.3 is 0 Å². The van der Waals surface area contributed by atoms with Gasteiger partial charge in [0.2, 0.25) is 5.91 Å². The van der Waals surface area contributed by atoms with Gasteiger partial charge in [0, 0.05) is 16.3 Å². The summed E-state index contributed by atoms with van der Waals surface area (Å²) in [6.07, 6.45) is 1.68. The van der Waals surface area contributed by atoms with Gasteiger partial charge in [0.05, 0.1) is 4.91 Å². The number of nitrogens with one attached hydrogen (secondary N) is 1. The van der Waals surface area contributed by atoms with Crippen LogP contribution in [-0.2, 0) is 16.2 Å². The number of benzene rings is 4. The van der Waals surface area contributed by atoms with E-state index in [0.29, 0.717) is 28.6 Å². The van der Waals surface area contributed by atoms with Gasteiger partial charge in [-0.05, 0) is 84.3 Å². The Morgan fingerprint density at radius 2 is 1.68 bits per heavy atom. The first-order valence-corrected chi connectivity index (χ1v) is 13.9. The maximum atomic E-state index is 13.3. The third-order valence-electron chi connectivity index (χ3n) is 6.63. The molecule has 1 aliphatic rings. The second-order valence-corrected chi connectivity index (χ2v) is 11.1. The fraction of sp³-hybridized carbons (Fsp3) is 0.156. The Labute approximate surface area is 242 Å². The lowest BCUT2D eigenvalue weighted by molar-refractivity contribution is -0.127. The van der Waals surface area contributed by atoms with Gasteiger partial charge in [-0.1, -0.05) is 71.8 Å². The molecule has 1 N–H and O–H groups in total. The third kappa shape index (κ3) is 5.91. The number of ether oxygens (including phenoxy) is 1. The van der Waals surface area contributed by atoms with Gasteiger partial charge in [-0.2, -0.15) is 0 Å². The molecule has 1 saturated heterocycles. The molecular formula is C32H27ClN2O4S. The number of thioether (sulfide) groups is 1. The average Bonchev–Trinajstić information content (AvgIpc) is 3.18. The number of hydrogen-bond donors (Lipinski definition) is 1. The van der Waals surface area contributed by atoms with Crippen LogP contribution in [0.1, 0.15) is 27.8 Å². The number of nitrogens with zero attached hydrogens (tertiary/aromatic N) is 1. The summed E-state index contributed by atoms with van der Waals surface area (Å²) in [6.45, 7) is 5.74. The lowest BCUT2D eigenvalue weighted by Gasteiger charge is -2.16. The minimum atomic E-state index is -0.515.